The van der Waals surface area contributed by atoms with Gasteiger partial charge < -0.3 is 14.8 Å². The number of hydrogen-bond donors (Lipinski definition) is 2. The van der Waals surface area contributed by atoms with Crippen molar-refractivity contribution in [3.05, 3.63) is 60.1 Å². The molecule has 20 heavy (non-hydrogen) atoms. The molecule has 1 aromatic heterocycles. The maximum Gasteiger partial charge on any atom is 0.132 e. The number of benzene rings is 1. The van der Waals surface area contributed by atoms with E-state index in [4.69, 9.17) is 4.42 Å². The smallest absolute Gasteiger partial charge is 0.132 e. The standard InChI is InChI=1S/C17H23NO2/c1-3-15(14-8-5-4-6-9-14)18-13(2)12-16(19)17-10-7-11-20-17/h4-11,13,15-16,18-19H,3,12H2,1-2H3. The Balaban J connectivity index is 1.91. The van der Waals surface area contributed by atoms with Crippen LogP contribution in [0.2, 0.25) is 0 Å². The van der Waals surface area contributed by atoms with Crippen LogP contribution in [-0.4, -0.2) is 11.1 Å². The van der Waals surface area contributed by atoms with Gasteiger partial charge in [0.05, 0.1) is 6.26 Å². The maximum atomic E-state index is 10.1. The maximum absolute atomic E-state index is 10.1. The number of hydrogen-bond acceptors (Lipinski definition) is 3. The summed E-state index contributed by atoms with van der Waals surface area (Å²) in [4.78, 5) is 0. The van der Waals surface area contributed by atoms with E-state index in [2.05, 4.69) is 43.4 Å². The Morgan fingerprint density at radius 3 is 2.50 bits per heavy atom. The van der Waals surface area contributed by atoms with Gasteiger partial charge in [-0.3, -0.25) is 0 Å². The summed E-state index contributed by atoms with van der Waals surface area (Å²) in [7, 11) is 0. The van der Waals surface area contributed by atoms with E-state index in [1.807, 2.05) is 12.1 Å². The van der Waals surface area contributed by atoms with Crippen LogP contribution < -0.4 is 5.32 Å². The van der Waals surface area contributed by atoms with Crippen LogP contribution in [0.5, 0.6) is 0 Å². The first kappa shape index (κ1) is 14.8. The number of nitrogens with one attached hydrogen (secondary N) is 1. The summed E-state index contributed by atoms with van der Waals surface area (Å²) >= 11 is 0. The summed E-state index contributed by atoms with van der Waals surface area (Å²) in [5.74, 6) is 0.631. The van der Waals surface area contributed by atoms with E-state index in [-0.39, 0.29) is 6.04 Å². The lowest BCUT2D eigenvalue weighted by atomic mass is 10.0. The minimum absolute atomic E-state index is 0.209. The third-order valence-corrected chi connectivity index (χ3v) is 3.54. The molecule has 0 aliphatic carbocycles. The highest BCUT2D eigenvalue weighted by Crippen LogP contribution is 2.22. The molecule has 1 heterocycles. The van der Waals surface area contributed by atoms with Gasteiger partial charge >= 0.3 is 0 Å². The Morgan fingerprint density at radius 1 is 1.15 bits per heavy atom. The van der Waals surface area contributed by atoms with Crippen LogP contribution in [0.15, 0.2) is 53.1 Å². The second kappa shape index (κ2) is 7.27. The Bertz CT molecular complexity index is 481. The van der Waals surface area contributed by atoms with Crippen molar-refractivity contribution in [3.63, 3.8) is 0 Å². The van der Waals surface area contributed by atoms with Crippen LogP contribution in [0, 0.1) is 0 Å². The summed E-state index contributed by atoms with van der Waals surface area (Å²) in [6.45, 7) is 4.26. The highest BCUT2D eigenvalue weighted by molar-refractivity contribution is 5.18. The van der Waals surface area contributed by atoms with Gasteiger partial charge in [-0.25, -0.2) is 0 Å². The predicted octanol–water partition coefficient (Wildman–Crippen LogP) is 3.83. The van der Waals surface area contributed by atoms with Crippen LogP contribution in [0.1, 0.15) is 50.2 Å². The number of aliphatic hydroxyl groups is 1. The third kappa shape index (κ3) is 3.95. The first-order valence-corrected chi connectivity index (χ1v) is 7.23. The number of rotatable bonds is 7. The second-order valence-electron chi connectivity index (χ2n) is 5.21. The van der Waals surface area contributed by atoms with Crippen molar-refractivity contribution in [1.29, 1.82) is 0 Å². The van der Waals surface area contributed by atoms with Crippen LogP contribution in [0.4, 0.5) is 0 Å². The lowest BCUT2D eigenvalue weighted by Gasteiger charge is -2.24. The van der Waals surface area contributed by atoms with E-state index < -0.39 is 6.10 Å². The van der Waals surface area contributed by atoms with Crippen molar-refractivity contribution in [2.24, 2.45) is 0 Å². The van der Waals surface area contributed by atoms with Gasteiger partial charge in [-0.15, -0.1) is 0 Å². The SMILES string of the molecule is CCC(NC(C)CC(O)c1ccco1)c1ccccc1. The molecule has 1 aromatic carbocycles. The van der Waals surface area contributed by atoms with Gasteiger partial charge in [-0.1, -0.05) is 37.3 Å². The summed E-state index contributed by atoms with van der Waals surface area (Å²) in [5, 5.41) is 13.7. The second-order valence-corrected chi connectivity index (χ2v) is 5.21. The Labute approximate surface area is 120 Å². The van der Waals surface area contributed by atoms with E-state index >= 15 is 0 Å². The van der Waals surface area contributed by atoms with Gasteiger partial charge in [0.2, 0.25) is 0 Å². The van der Waals surface area contributed by atoms with E-state index in [9.17, 15) is 5.11 Å². The van der Waals surface area contributed by atoms with E-state index in [0.717, 1.165) is 6.42 Å². The predicted molar refractivity (Wildman–Crippen MR) is 80.4 cm³/mol. The average molecular weight is 273 g/mol. The molecule has 0 fully saturated rings. The topological polar surface area (TPSA) is 45.4 Å². The summed E-state index contributed by atoms with van der Waals surface area (Å²) < 4.78 is 5.23. The minimum Gasteiger partial charge on any atom is -0.467 e. The summed E-state index contributed by atoms with van der Waals surface area (Å²) in [5.41, 5.74) is 1.29. The molecular weight excluding hydrogens is 250 g/mol. The molecular formula is C17H23NO2. The largest absolute Gasteiger partial charge is 0.467 e. The van der Waals surface area contributed by atoms with Crippen molar-refractivity contribution >= 4 is 0 Å². The fraction of sp³-hybridized carbons (Fsp3) is 0.412. The average Bonchev–Trinajstić information content (AvgIpc) is 3.00. The third-order valence-electron chi connectivity index (χ3n) is 3.54. The summed E-state index contributed by atoms with van der Waals surface area (Å²) in [6.07, 6.45) is 2.69. The van der Waals surface area contributed by atoms with E-state index in [1.165, 1.54) is 5.56 Å². The summed E-state index contributed by atoms with van der Waals surface area (Å²) in [6, 6.07) is 14.6. The fourth-order valence-electron chi connectivity index (χ4n) is 2.48. The van der Waals surface area contributed by atoms with Gasteiger partial charge in [0.25, 0.3) is 0 Å². The molecule has 0 aliphatic heterocycles. The Kier molecular flexibility index (Phi) is 5.39. The minimum atomic E-state index is -0.555. The lowest BCUT2D eigenvalue weighted by molar-refractivity contribution is 0.126. The molecule has 108 valence electrons. The van der Waals surface area contributed by atoms with Crippen LogP contribution in [0.25, 0.3) is 0 Å². The molecule has 2 N–H and O–H groups in total. The van der Waals surface area contributed by atoms with Gasteiger partial charge in [0.1, 0.15) is 11.9 Å². The molecule has 2 rings (SSSR count). The lowest BCUT2D eigenvalue weighted by Crippen LogP contribution is -2.31. The number of aliphatic hydroxyl groups excluding tert-OH is 1. The van der Waals surface area contributed by atoms with Crippen molar-refractivity contribution in [3.8, 4) is 0 Å². The highest BCUT2D eigenvalue weighted by Gasteiger charge is 2.17. The molecule has 0 saturated carbocycles. The zero-order valence-electron chi connectivity index (χ0n) is 12.1. The molecule has 0 radical (unpaired) electrons. The molecule has 3 heteroatoms. The zero-order chi connectivity index (χ0) is 14.4. The van der Waals surface area contributed by atoms with Gasteiger partial charge in [-0.05, 0) is 37.5 Å². The Hall–Kier alpha value is -1.58. The van der Waals surface area contributed by atoms with E-state index in [0.29, 0.717) is 18.2 Å². The normalized spacial score (nSPS) is 15.8. The molecule has 0 aliphatic rings. The zero-order valence-corrected chi connectivity index (χ0v) is 12.1. The molecule has 0 amide bonds. The van der Waals surface area contributed by atoms with Gasteiger partial charge in [-0.2, -0.15) is 0 Å². The molecule has 2 aromatic rings. The van der Waals surface area contributed by atoms with Crippen molar-refractivity contribution < 1.29 is 9.52 Å². The molecule has 0 spiro atoms. The molecule has 3 nitrogen and oxygen atoms in total. The van der Waals surface area contributed by atoms with Gasteiger partial charge in [0, 0.05) is 12.1 Å². The van der Waals surface area contributed by atoms with Gasteiger partial charge in [0.15, 0.2) is 0 Å². The monoisotopic (exact) mass is 273 g/mol. The number of furan rings is 1. The van der Waals surface area contributed by atoms with Crippen molar-refractivity contribution in [2.45, 2.75) is 44.9 Å². The van der Waals surface area contributed by atoms with Crippen LogP contribution in [0.3, 0.4) is 0 Å². The molecule has 3 unspecified atom stereocenters. The quantitative estimate of drug-likeness (QED) is 0.806. The van der Waals surface area contributed by atoms with Crippen LogP contribution in [-0.2, 0) is 0 Å². The molecule has 0 saturated heterocycles. The first-order chi connectivity index (χ1) is 9.70. The highest BCUT2D eigenvalue weighted by atomic mass is 16.4. The molecule has 3 atom stereocenters. The van der Waals surface area contributed by atoms with E-state index in [1.54, 1.807) is 12.3 Å². The first-order valence-electron chi connectivity index (χ1n) is 7.23. The Morgan fingerprint density at radius 2 is 1.90 bits per heavy atom. The van der Waals surface area contributed by atoms with Crippen molar-refractivity contribution in [2.75, 3.05) is 0 Å². The molecule has 0 bridgehead atoms. The van der Waals surface area contributed by atoms with Crippen molar-refractivity contribution in [1.82, 2.24) is 5.32 Å². The fourth-order valence-corrected chi connectivity index (χ4v) is 2.48. The van der Waals surface area contributed by atoms with Crippen LogP contribution >= 0.6 is 0 Å².